The van der Waals surface area contributed by atoms with Gasteiger partial charge in [-0.3, -0.25) is 0 Å². The Morgan fingerprint density at radius 3 is 2.81 bits per heavy atom. The fraction of sp³-hybridized carbons (Fsp3) is 0.778. The van der Waals surface area contributed by atoms with Crippen molar-refractivity contribution in [3.63, 3.8) is 0 Å². The maximum Gasteiger partial charge on any atom is 0.281 e. The van der Waals surface area contributed by atoms with Gasteiger partial charge in [0.25, 0.3) is 6.43 Å². The average Bonchev–Trinajstić information content (AvgIpc) is 2.62. The van der Waals surface area contributed by atoms with Gasteiger partial charge in [-0.15, -0.1) is 5.10 Å². The van der Waals surface area contributed by atoms with E-state index in [-0.39, 0.29) is 17.9 Å². The summed E-state index contributed by atoms with van der Waals surface area (Å²) in [5.41, 5.74) is 5.48. The molecule has 0 saturated carbocycles. The molecule has 0 radical (unpaired) electrons. The molecule has 0 aliphatic carbocycles. The zero-order valence-corrected chi connectivity index (χ0v) is 9.20. The molecule has 0 aromatic carbocycles. The topological polar surface area (TPSA) is 66.0 Å². The lowest BCUT2D eigenvalue weighted by molar-refractivity contribution is 0.135. The minimum Gasteiger partial charge on any atom is -0.385 e. The Morgan fingerprint density at radius 1 is 1.50 bits per heavy atom. The smallest absolute Gasteiger partial charge is 0.281 e. The highest BCUT2D eigenvalue weighted by atomic mass is 19.3. The lowest BCUT2D eigenvalue weighted by atomic mass is 10.2. The predicted octanol–water partition coefficient (Wildman–Crippen LogP) is 0.753. The molecule has 0 bridgehead atoms. The molecular weight excluding hydrogens is 218 g/mol. The first-order valence-electron chi connectivity index (χ1n) is 5.10. The Kier molecular flexibility index (Phi) is 5.27. The van der Waals surface area contributed by atoms with Gasteiger partial charge in [0.05, 0.1) is 5.69 Å². The minimum absolute atomic E-state index is 0.124. The third-order valence-corrected chi connectivity index (χ3v) is 2.15. The molecule has 1 heterocycles. The number of hydrogen-bond donors (Lipinski definition) is 1. The number of nitrogens with two attached hydrogens (primary N) is 1. The predicted molar refractivity (Wildman–Crippen MR) is 54.2 cm³/mol. The number of aryl methyl sites for hydroxylation is 1. The number of methoxy groups -OCH3 is 1. The van der Waals surface area contributed by atoms with Crippen LogP contribution in [0.3, 0.4) is 0 Å². The molecule has 5 nitrogen and oxygen atoms in total. The summed E-state index contributed by atoms with van der Waals surface area (Å²) in [5, 5.41) is 7.42. The zero-order chi connectivity index (χ0) is 12.0. The number of nitrogens with zero attached hydrogens (tertiary/aromatic N) is 3. The van der Waals surface area contributed by atoms with Crippen LogP contribution in [-0.2, 0) is 17.7 Å². The van der Waals surface area contributed by atoms with Crippen molar-refractivity contribution in [2.45, 2.75) is 25.8 Å². The first-order chi connectivity index (χ1) is 7.70. The monoisotopic (exact) mass is 234 g/mol. The van der Waals surface area contributed by atoms with Gasteiger partial charge in [0.15, 0.2) is 0 Å². The fourth-order valence-electron chi connectivity index (χ4n) is 1.43. The number of aromatic nitrogens is 3. The molecule has 1 aromatic heterocycles. The van der Waals surface area contributed by atoms with Crippen molar-refractivity contribution in [2.75, 3.05) is 20.3 Å². The number of halogens is 2. The molecule has 0 fully saturated rings. The maximum absolute atomic E-state index is 12.8. The summed E-state index contributed by atoms with van der Waals surface area (Å²) in [4.78, 5) is 0. The van der Waals surface area contributed by atoms with Crippen molar-refractivity contribution in [3.05, 3.63) is 11.4 Å². The Labute approximate surface area is 92.6 Å². The molecule has 1 aromatic rings. The van der Waals surface area contributed by atoms with Crippen molar-refractivity contribution in [1.29, 1.82) is 0 Å². The van der Waals surface area contributed by atoms with Crippen LogP contribution in [0.25, 0.3) is 0 Å². The Morgan fingerprint density at radius 2 is 2.25 bits per heavy atom. The second-order valence-electron chi connectivity index (χ2n) is 3.33. The highest BCUT2D eigenvalue weighted by Crippen LogP contribution is 2.21. The van der Waals surface area contributed by atoms with E-state index >= 15 is 0 Å². The number of alkyl halides is 2. The van der Waals surface area contributed by atoms with Crippen molar-refractivity contribution < 1.29 is 13.5 Å². The summed E-state index contributed by atoms with van der Waals surface area (Å²) < 4.78 is 31.6. The lowest BCUT2D eigenvalue weighted by Crippen LogP contribution is -2.10. The normalized spacial score (nSPS) is 11.3. The van der Waals surface area contributed by atoms with Gasteiger partial charge in [-0.25, -0.2) is 13.5 Å². The van der Waals surface area contributed by atoms with Crippen molar-refractivity contribution in [2.24, 2.45) is 5.73 Å². The fourth-order valence-corrected chi connectivity index (χ4v) is 1.43. The molecule has 7 heteroatoms. The van der Waals surface area contributed by atoms with Crippen molar-refractivity contribution >= 4 is 0 Å². The van der Waals surface area contributed by atoms with E-state index in [0.717, 1.165) is 0 Å². The maximum atomic E-state index is 12.8. The van der Waals surface area contributed by atoms with Gasteiger partial charge in [0.2, 0.25) is 0 Å². The van der Waals surface area contributed by atoms with E-state index in [4.69, 9.17) is 10.5 Å². The van der Waals surface area contributed by atoms with Crippen LogP contribution in [0.4, 0.5) is 8.78 Å². The molecule has 0 amide bonds. The molecular formula is C9H16F2N4O. The zero-order valence-electron chi connectivity index (χ0n) is 9.20. The minimum atomic E-state index is -2.57. The van der Waals surface area contributed by atoms with E-state index in [1.54, 1.807) is 7.11 Å². The van der Waals surface area contributed by atoms with Gasteiger partial charge in [0.1, 0.15) is 5.69 Å². The van der Waals surface area contributed by atoms with Gasteiger partial charge in [-0.05, 0) is 13.0 Å². The lowest BCUT2D eigenvalue weighted by Gasteiger charge is -2.06. The van der Waals surface area contributed by atoms with Crippen LogP contribution in [0.1, 0.15) is 24.2 Å². The Hall–Kier alpha value is -1.08. The molecule has 92 valence electrons. The summed E-state index contributed by atoms with van der Waals surface area (Å²) >= 11 is 0. The molecule has 0 aliphatic rings. The van der Waals surface area contributed by atoms with Gasteiger partial charge < -0.3 is 10.5 Å². The van der Waals surface area contributed by atoms with E-state index in [0.29, 0.717) is 26.0 Å². The standard InChI is InChI=1S/C9H16F2N4O/c1-16-6-2-5-15-8(9(10)11)7(3-4-12)13-14-15/h9H,2-6,12H2,1H3. The van der Waals surface area contributed by atoms with Crippen LogP contribution in [0.15, 0.2) is 0 Å². The van der Waals surface area contributed by atoms with E-state index in [1.807, 2.05) is 0 Å². The molecule has 2 N–H and O–H groups in total. The second kappa shape index (κ2) is 6.49. The highest BCUT2D eigenvalue weighted by Gasteiger charge is 2.20. The van der Waals surface area contributed by atoms with Crippen LogP contribution < -0.4 is 5.73 Å². The van der Waals surface area contributed by atoms with E-state index < -0.39 is 6.43 Å². The Balaban J connectivity index is 2.74. The number of ether oxygens (including phenoxy) is 1. The van der Waals surface area contributed by atoms with Crippen molar-refractivity contribution in [3.8, 4) is 0 Å². The van der Waals surface area contributed by atoms with Crippen molar-refractivity contribution in [1.82, 2.24) is 15.0 Å². The summed E-state index contributed by atoms with van der Waals surface area (Å²) in [6.45, 7) is 1.18. The summed E-state index contributed by atoms with van der Waals surface area (Å²) in [6.07, 6.45) is -1.62. The summed E-state index contributed by atoms with van der Waals surface area (Å²) in [7, 11) is 1.56. The van der Waals surface area contributed by atoms with Gasteiger partial charge in [0, 0.05) is 26.7 Å². The number of hydrogen-bond acceptors (Lipinski definition) is 4. The highest BCUT2D eigenvalue weighted by molar-refractivity contribution is 5.12. The molecule has 0 saturated heterocycles. The van der Waals surface area contributed by atoms with Gasteiger partial charge in [-0.1, -0.05) is 5.21 Å². The molecule has 0 aliphatic heterocycles. The van der Waals surface area contributed by atoms with Crippen LogP contribution in [0, 0.1) is 0 Å². The average molecular weight is 234 g/mol. The SMILES string of the molecule is COCCCn1nnc(CCN)c1C(F)F. The van der Waals surface area contributed by atoms with E-state index in [2.05, 4.69) is 10.3 Å². The second-order valence-corrected chi connectivity index (χ2v) is 3.33. The van der Waals surface area contributed by atoms with Gasteiger partial charge in [-0.2, -0.15) is 0 Å². The molecule has 16 heavy (non-hydrogen) atoms. The Bertz CT molecular complexity index is 316. The molecule has 0 spiro atoms. The summed E-state index contributed by atoms with van der Waals surface area (Å²) in [6, 6.07) is 0. The van der Waals surface area contributed by atoms with Crippen LogP contribution >= 0.6 is 0 Å². The van der Waals surface area contributed by atoms with Gasteiger partial charge >= 0.3 is 0 Å². The number of rotatable bonds is 7. The quantitative estimate of drug-likeness (QED) is 0.707. The third kappa shape index (κ3) is 3.21. The molecule has 0 atom stereocenters. The van der Waals surface area contributed by atoms with Crippen LogP contribution in [0.2, 0.25) is 0 Å². The largest absolute Gasteiger partial charge is 0.385 e. The van der Waals surface area contributed by atoms with E-state index in [1.165, 1.54) is 4.68 Å². The first-order valence-corrected chi connectivity index (χ1v) is 5.10. The van der Waals surface area contributed by atoms with E-state index in [9.17, 15) is 8.78 Å². The summed E-state index contributed by atoms with van der Waals surface area (Å²) in [5.74, 6) is 0. The van der Waals surface area contributed by atoms with Crippen LogP contribution in [0.5, 0.6) is 0 Å². The molecule has 0 unspecified atom stereocenters. The first kappa shape index (κ1) is 13.0. The molecule has 1 rings (SSSR count). The third-order valence-electron chi connectivity index (χ3n) is 2.15. The van der Waals surface area contributed by atoms with Crippen LogP contribution in [-0.4, -0.2) is 35.3 Å².